The molecule has 26 heavy (non-hydrogen) atoms. The van der Waals surface area contributed by atoms with E-state index in [1.165, 1.54) is 0 Å². The van der Waals surface area contributed by atoms with Crippen LogP contribution < -0.4 is 31.3 Å². The van der Waals surface area contributed by atoms with Gasteiger partial charge in [-0.3, -0.25) is 10.5 Å². The zero-order valence-corrected chi connectivity index (χ0v) is 15.2. The maximum Gasteiger partial charge on any atom is 0.361 e. The van der Waals surface area contributed by atoms with Crippen molar-refractivity contribution in [2.75, 3.05) is 17.3 Å². The van der Waals surface area contributed by atoms with Gasteiger partial charge in [-0.05, 0) is 30.3 Å². The third kappa shape index (κ3) is 2.48. The van der Waals surface area contributed by atoms with E-state index < -0.39 is 5.66 Å². The van der Waals surface area contributed by atoms with Gasteiger partial charge in [0.15, 0.2) is 0 Å². The summed E-state index contributed by atoms with van der Waals surface area (Å²) in [5, 5.41) is 7.02. The third-order valence-corrected chi connectivity index (χ3v) is 4.93. The summed E-state index contributed by atoms with van der Waals surface area (Å²) in [6, 6.07) is 12.6. The van der Waals surface area contributed by atoms with Crippen molar-refractivity contribution in [3.8, 4) is 0 Å². The molecule has 7 nitrogen and oxygen atoms in total. The SMILES string of the molecule is CN1C(=O)[C@@]2([NH+]=C(N)NC(Nc3ccc(Cl)cc3Cl)=[NH+]2)c2ccccc21. The number of para-hydroxylation sites is 1. The van der Waals surface area contributed by atoms with Gasteiger partial charge in [0, 0.05) is 12.1 Å². The van der Waals surface area contributed by atoms with E-state index in [0.29, 0.717) is 21.7 Å². The van der Waals surface area contributed by atoms with Gasteiger partial charge in [0.05, 0.1) is 16.3 Å². The molecule has 1 atom stereocenters. The molecule has 2 aliphatic heterocycles. The molecule has 2 heterocycles. The fourth-order valence-electron chi connectivity index (χ4n) is 3.21. The molecule has 2 aromatic carbocycles. The summed E-state index contributed by atoms with van der Waals surface area (Å²) in [5.74, 6) is 0.475. The summed E-state index contributed by atoms with van der Waals surface area (Å²) in [6.07, 6.45) is 0. The van der Waals surface area contributed by atoms with E-state index >= 15 is 0 Å². The highest BCUT2D eigenvalue weighted by Gasteiger charge is 2.55. The van der Waals surface area contributed by atoms with Crippen LogP contribution in [0.5, 0.6) is 0 Å². The van der Waals surface area contributed by atoms with Crippen LogP contribution in [-0.2, 0) is 10.5 Å². The van der Waals surface area contributed by atoms with Crippen molar-refractivity contribution < 1.29 is 14.8 Å². The molecule has 1 spiro atoms. The lowest BCUT2D eigenvalue weighted by molar-refractivity contribution is -0.789. The number of fused-ring (bicyclic) bond motifs is 2. The molecule has 0 saturated carbocycles. The fraction of sp³-hybridized carbons (Fsp3) is 0.118. The van der Waals surface area contributed by atoms with Crippen molar-refractivity contribution in [2.24, 2.45) is 5.73 Å². The van der Waals surface area contributed by atoms with Crippen LogP contribution in [0, 0.1) is 0 Å². The first-order valence-corrected chi connectivity index (χ1v) is 8.59. The molecule has 2 aromatic rings. The minimum atomic E-state index is -1.21. The summed E-state index contributed by atoms with van der Waals surface area (Å²) < 4.78 is 0. The van der Waals surface area contributed by atoms with E-state index in [9.17, 15) is 4.79 Å². The zero-order chi connectivity index (χ0) is 18.5. The second kappa shape index (κ2) is 5.89. The molecule has 132 valence electrons. The van der Waals surface area contributed by atoms with Crippen molar-refractivity contribution in [2.45, 2.75) is 5.66 Å². The Balaban J connectivity index is 1.80. The number of nitrogens with zero attached hydrogens (tertiary/aromatic N) is 1. The van der Waals surface area contributed by atoms with Crippen molar-refractivity contribution in [3.05, 3.63) is 58.1 Å². The highest BCUT2D eigenvalue weighted by atomic mass is 35.5. The van der Waals surface area contributed by atoms with E-state index in [1.54, 1.807) is 30.1 Å². The highest BCUT2D eigenvalue weighted by Crippen LogP contribution is 2.32. The smallest absolute Gasteiger partial charge is 0.308 e. The molecular weight excluding hydrogens is 375 g/mol. The van der Waals surface area contributed by atoms with Crippen LogP contribution in [0.3, 0.4) is 0 Å². The Morgan fingerprint density at radius 1 is 1.19 bits per heavy atom. The van der Waals surface area contributed by atoms with E-state index in [4.69, 9.17) is 28.9 Å². The van der Waals surface area contributed by atoms with Crippen molar-refractivity contribution >= 4 is 52.4 Å². The van der Waals surface area contributed by atoms with Crippen LogP contribution in [0.1, 0.15) is 5.56 Å². The lowest BCUT2D eigenvalue weighted by atomic mass is 10.0. The van der Waals surface area contributed by atoms with Crippen LogP contribution in [0.2, 0.25) is 10.0 Å². The average molecular weight is 391 g/mol. The maximum absolute atomic E-state index is 13.0. The van der Waals surface area contributed by atoms with Crippen molar-refractivity contribution in [1.82, 2.24) is 5.32 Å². The van der Waals surface area contributed by atoms with Gasteiger partial charge in [-0.25, -0.2) is 15.3 Å². The lowest BCUT2D eigenvalue weighted by Gasteiger charge is -2.22. The molecule has 0 fully saturated rings. The molecule has 0 saturated heterocycles. The van der Waals surface area contributed by atoms with Crippen molar-refractivity contribution in [1.29, 1.82) is 0 Å². The largest absolute Gasteiger partial charge is 0.361 e. The monoisotopic (exact) mass is 390 g/mol. The number of benzene rings is 2. The summed E-state index contributed by atoms with van der Waals surface area (Å²) in [5.41, 5.74) is 7.01. The molecule has 0 aromatic heterocycles. The Labute approximate surface area is 159 Å². The van der Waals surface area contributed by atoms with Crippen molar-refractivity contribution in [3.63, 3.8) is 0 Å². The van der Waals surface area contributed by atoms with Gasteiger partial charge < -0.3 is 4.90 Å². The van der Waals surface area contributed by atoms with Gasteiger partial charge in [-0.15, -0.1) is 0 Å². The number of nitrogens with two attached hydrogens (primary N) is 1. The lowest BCUT2D eigenvalue weighted by Crippen LogP contribution is -3.14. The van der Waals surface area contributed by atoms with Gasteiger partial charge in [-0.2, -0.15) is 5.32 Å². The van der Waals surface area contributed by atoms with Gasteiger partial charge in [-0.1, -0.05) is 35.3 Å². The molecule has 0 bridgehead atoms. The summed E-state index contributed by atoms with van der Waals surface area (Å²) in [6.45, 7) is 0. The number of rotatable bonds is 1. The van der Waals surface area contributed by atoms with Gasteiger partial charge in [0.1, 0.15) is 5.69 Å². The van der Waals surface area contributed by atoms with Crippen LogP contribution >= 0.6 is 23.2 Å². The zero-order valence-electron chi connectivity index (χ0n) is 13.7. The number of hydrogen-bond acceptors (Lipinski definition) is 4. The Morgan fingerprint density at radius 2 is 1.96 bits per heavy atom. The predicted molar refractivity (Wildman–Crippen MR) is 101 cm³/mol. The standard InChI is InChI=1S/C17H14Cl2N6O/c1-25-13-5-3-2-4-10(13)17(14(25)26)23-15(20)22-16(24-17)21-12-7-6-9(18)8-11(12)19/h2-8H,1H3,(H4,20,21,22,23,24)/p+2/t17-/m1/s1. The fourth-order valence-corrected chi connectivity index (χ4v) is 3.66. The quantitative estimate of drug-likeness (QED) is 0.416. The number of amides is 1. The van der Waals surface area contributed by atoms with Crippen LogP contribution in [-0.4, -0.2) is 24.9 Å². The number of likely N-dealkylation sites (N-methyl/N-ethyl adjacent to an activating group) is 1. The first kappa shape index (κ1) is 16.7. The summed E-state index contributed by atoms with van der Waals surface area (Å²) >= 11 is 12.2. The number of nitrogens with one attached hydrogen (secondary N) is 4. The number of halogens is 2. The number of guanidine groups is 2. The Bertz CT molecular complexity index is 989. The highest BCUT2D eigenvalue weighted by molar-refractivity contribution is 6.36. The van der Waals surface area contributed by atoms with E-state index in [2.05, 4.69) is 20.6 Å². The number of hydrogen-bond donors (Lipinski definition) is 5. The first-order valence-electron chi connectivity index (χ1n) is 7.83. The first-order chi connectivity index (χ1) is 12.4. The molecule has 0 aliphatic carbocycles. The normalized spacial score (nSPS) is 21.2. The minimum absolute atomic E-state index is 0.176. The Morgan fingerprint density at radius 3 is 2.73 bits per heavy atom. The average Bonchev–Trinajstić information content (AvgIpc) is 2.80. The molecule has 6 N–H and O–H groups in total. The number of carbonyl (C=O) groups is 1. The van der Waals surface area contributed by atoms with E-state index in [-0.39, 0.29) is 11.9 Å². The van der Waals surface area contributed by atoms with Crippen LogP contribution in [0.25, 0.3) is 0 Å². The van der Waals surface area contributed by atoms with E-state index in [0.717, 1.165) is 11.3 Å². The molecule has 2 aliphatic rings. The van der Waals surface area contributed by atoms with Crippen LogP contribution in [0.4, 0.5) is 11.4 Å². The van der Waals surface area contributed by atoms with Gasteiger partial charge >= 0.3 is 23.5 Å². The summed E-state index contributed by atoms with van der Waals surface area (Å²) in [7, 11) is 1.72. The Hall–Kier alpha value is -2.77. The molecule has 1 amide bonds. The topological polar surface area (TPSA) is 98.3 Å². The molecule has 4 rings (SSSR count). The second-order valence-electron chi connectivity index (χ2n) is 6.04. The minimum Gasteiger partial charge on any atom is -0.308 e. The third-order valence-electron chi connectivity index (χ3n) is 4.38. The van der Waals surface area contributed by atoms with E-state index in [1.807, 2.05) is 24.3 Å². The second-order valence-corrected chi connectivity index (χ2v) is 6.89. The molecular formula is C17H16Cl2N6O+2. The molecule has 0 radical (unpaired) electrons. The summed E-state index contributed by atoms with van der Waals surface area (Å²) in [4.78, 5) is 20.8. The number of anilines is 2. The number of carbonyl (C=O) groups excluding carboxylic acids is 1. The maximum atomic E-state index is 13.0. The molecule has 9 heteroatoms. The van der Waals surface area contributed by atoms with Crippen LogP contribution in [0.15, 0.2) is 42.5 Å². The Kier molecular flexibility index (Phi) is 3.78. The van der Waals surface area contributed by atoms with Gasteiger partial charge in [0.2, 0.25) is 0 Å². The van der Waals surface area contributed by atoms with Gasteiger partial charge in [0.25, 0.3) is 0 Å². The molecule has 0 unspecified atom stereocenters. The predicted octanol–water partition coefficient (Wildman–Crippen LogP) is -1.33.